The fourth-order valence-electron chi connectivity index (χ4n) is 2.74. The smallest absolute Gasteiger partial charge is 0.416 e. The average molecular weight is 432 g/mol. The monoisotopic (exact) mass is 432 g/mol. The quantitative estimate of drug-likeness (QED) is 0.430. The summed E-state index contributed by atoms with van der Waals surface area (Å²) in [5.74, 6) is 0.879. The van der Waals surface area contributed by atoms with Gasteiger partial charge in [-0.25, -0.2) is 4.99 Å². The largest absolute Gasteiger partial charge is 0.494 e. The number of hydrogen-bond acceptors (Lipinski definition) is 4. The van der Waals surface area contributed by atoms with Crippen molar-refractivity contribution >= 4 is 34.6 Å². The van der Waals surface area contributed by atoms with Crippen LogP contribution < -0.4 is 9.64 Å². The van der Waals surface area contributed by atoms with Crippen LogP contribution in [0, 0.1) is 0 Å². The Morgan fingerprint density at radius 1 is 1.13 bits per heavy atom. The maximum atomic E-state index is 13.0. The molecule has 0 unspecified atom stereocenters. The molecule has 4 nitrogen and oxygen atoms in total. The molecule has 0 atom stereocenters. The molecule has 1 aliphatic heterocycles. The second-order valence-corrected chi connectivity index (χ2v) is 7.20. The van der Waals surface area contributed by atoms with E-state index in [0.29, 0.717) is 34.5 Å². The number of aliphatic imine (C=N–C) groups is 1. The lowest BCUT2D eigenvalue weighted by molar-refractivity contribution is -0.137. The Kier molecular flexibility index (Phi) is 6.66. The van der Waals surface area contributed by atoms with E-state index in [9.17, 15) is 18.0 Å². The van der Waals surface area contributed by atoms with Crippen LogP contribution in [0.5, 0.6) is 5.75 Å². The topological polar surface area (TPSA) is 41.9 Å². The number of amidine groups is 1. The molecule has 0 radical (unpaired) electrons. The van der Waals surface area contributed by atoms with Crippen molar-refractivity contribution in [1.29, 1.82) is 0 Å². The van der Waals surface area contributed by atoms with Crippen LogP contribution in [0.4, 0.5) is 18.9 Å². The molecule has 0 bridgehead atoms. The van der Waals surface area contributed by atoms with Crippen molar-refractivity contribution in [2.75, 3.05) is 17.3 Å². The van der Waals surface area contributed by atoms with Crippen molar-refractivity contribution in [2.45, 2.75) is 13.1 Å². The Balaban J connectivity index is 1.90. The number of carbonyl (C=O) groups excluding carboxylic acids is 1. The lowest BCUT2D eigenvalue weighted by Crippen LogP contribution is -2.30. The van der Waals surface area contributed by atoms with Gasteiger partial charge in [-0.2, -0.15) is 13.2 Å². The summed E-state index contributed by atoms with van der Waals surface area (Å²) in [5.41, 5.74) is 0.477. The summed E-state index contributed by atoms with van der Waals surface area (Å²) in [4.78, 5) is 18.9. The number of rotatable bonds is 6. The molecule has 0 saturated heterocycles. The lowest BCUT2D eigenvalue weighted by Gasteiger charge is -2.17. The molecule has 1 amide bonds. The fourth-order valence-corrected chi connectivity index (χ4v) is 3.49. The third-order valence-electron chi connectivity index (χ3n) is 4.11. The van der Waals surface area contributed by atoms with Crippen molar-refractivity contribution in [3.05, 3.63) is 78.0 Å². The summed E-state index contributed by atoms with van der Waals surface area (Å²) < 4.78 is 43.7. The maximum absolute atomic E-state index is 13.0. The van der Waals surface area contributed by atoms with Gasteiger partial charge in [-0.05, 0) is 55.0 Å². The van der Waals surface area contributed by atoms with Crippen molar-refractivity contribution in [1.82, 2.24) is 0 Å². The van der Waals surface area contributed by atoms with Crippen molar-refractivity contribution in [3.63, 3.8) is 0 Å². The Hall–Kier alpha value is -3.00. The molecular formula is C22H19F3N2O2S. The molecule has 0 aromatic heterocycles. The number of thioether (sulfide) groups is 1. The molecule has 2 aromatic carbocycles. The first-order chi connectivity index (χ1) is 14.3. The predicted molar refractivity (Wildman–Crippen MR) is 115 cm³/mol. The van der Waals surface area contributed by atoms with Crippen LogP contribution in [0.3, 0.4) is 0 Å². The molecule has 1 aliphatic rings. The van der Waals surface area contributed by atoms with Crippen molar-refractivity contribution in [2.24, 2.45) is 4.99 Å². The highest BCUT2D eigenvalue weighted by Gasteiger charge is 2.32. The van der Waals surface area contributed by atoms with Crippen LogP contribution in [0.2, 0.25) is 0 Å². The van der Waals surface area contributed by atoms with Gasteiger partial charge in [-0.3, -0.25) is 9.69 Å². The number of alkyl halides is 3. The van der Waals surface area contributed by atoms with E-state index >= 15 is 0 Å². The van der Waals surface area contributed by atoms with Gasteiger partial charge in [0.15, 0.2) is 5.17 Å². The fraction of sp³-hybridized carbons (Fsp3) is 0.182. The summed E-state index contributed by atoms with van der Waals surface area (Å²) in [5, 5.41) is 0.474. The highest BCUT2D eigenvalue weighted by atomic mass is 32.2. The third kappa shape index (κ3) is 4.94. The zero-order valence-corrected chi connectivity index (χ0v) is 17.0. The summed E-state index contributed by atoms with van der Waals surface area (Å²) in [6.45, 7) is 6.10. The summed E-state index contributed by atoms with van der Waals surface area (Å²) in [7, 11) is 0. The van der Waals surface area contributed by atoms with Crippen LogP contribution in [-0.2, 0) is 11.0 Å². The van der Waals surface area contributed by atoms with E-state index in [-0.39, 0.29) is 11.6 Å². The van der Waals surface area contributed by atoms with Gasteiger partial charge in [-0.15, -0.1) is 6.58 Å². The Morgan fingerprint density at radius 2 is 1.80 bits per heavy atom. The molecule has 0 spiro atoms. The lowest BCUT2D eigenvalue weighted by atomic mass is 10.1. The van der Waals surface area contributed by atoms with Gasteiger partial charge in [0.1, 0.15) is 11.4 Å². The van der Waals surface area contributed by atoms with Gasteiger partial charge in [0, 0.05) is 5.75 Å². The van der Waals surface area contributed by atoms with E-state index in [4.69, 9.17) is 4.74 Å². The number of nitrogens with zero attached hydrogens (tertiary/aromatic N) is 2. The number of anilines is 1. The molecular weight excluding hydrogens is 413 g/mol. The number of benzene rings is 2. The molecule has 30 heavy (non-hydrogen) atoms. The van der Waals surface area contributed by atoms with Gasteiger partial charge in [0.25, 0.3) is 5.91 Å². The third-order valence-corrected chi connectivity index (χ3v) is 5.04. The SMILES string of the molecule is C=CCSC1=NC(=Cc2ccc(C(F)(F)F)cc2)C(=O)N1c1ccc(OCC)cc1. The van der Waals surface area contributed by atoms with Crippen molar-refractivity contribution < 1.29 is 22.7 Å². The van der Waals surface area contributed by atoms with Gasteiger partial charge < -0.3 is 4.74 Å². The second-order valence-electron chi connectivity index (χ2n) is 6.21. The van der Waals surface area contributed by atoms with E-state index in [1.807, 2.05) is 6.92 Å². The first-order valence-electron chi connectivity index (χ1n) is 9.12. The molecule has 0 N–H and O–H groups in total. The van der Waals surface area contributed by atoms with E-state index in [1.165, 1.54) is 34.9 Å². The Labute approximate surface area is 176 Å². The van der Waals surface area contributed by atoms with Crippen molar-refractivity contribution in [3.8, 4) is 5.75 Å². The van der Waals surface area contributed by atoms with Crippen LogP contribution in [0.15, 0.2) is 71.9 Å². The molecule has 1 heterocycles. The number of halogens is 3. The number of ether oxygens (including phenoxy) is 1. The summed E-state index contributed by atoms with van der Waals surface area (Å²) in [6, 6.07) is 11.6. The standard InChI is InChI=1S/C22H19F3N2O2S/c1-3-13-30-21-26-19(14-15-5-7-16(8-6-15)22(23,24)25)20(28)27(21)17-9-11-18(12-10-17)29-4-2/h3,5-12,14H,1,4,13H2,2H3. The zero-order chi connectivity index (χ0) is 21.7. The van der Waals surface area contributed by atoms with E-state index in [0.717, 1.165) is 12.1 Å². The number of amides is 1. The first-order valence-corrected chi connectivity index (χ1v) is 10.1. The first kappa shape index (κ1) is 21.7. The molecule has 156 valence electrons. The minimum absolute atomic E-state index is 0.148. The van der Waals surface area contributed by atoms with Gasteiger partial charge in [0.2, 0.25) is 0 Å². The maximum Gasteiger partial charge on any atom is 0.416 e. The normalized spacial score (nSPS) is 15.5. The van der Waals surface area contributed by atoms with Crippen LogP contribution in [-0.4, -0.2) is 23.4 Å². The predicted octanol–water partition coefficient (Wildman–Crippen LogP) is 5.77. The molecule has 2 aromatic rings. The summed E-state index contributed by atoms with van der Waals surface area (Å²) in [6.07, 6.45) is -1.23. The average Bonchev–Trinajstić information content (AvgIpc) is 3.02. The highest BCUT2D eigenvalue weighted by Crippen LogP contribution is 2.32. The Bertz CT molecular complexity index is 981. The number of hydrogen-bond donors (Lipinski definition) is 0. The van der Waals surface area contributed by atoms with Crippen LogP contribution >= 0.6 is 11.8 Å². The van der Waals surface area contributed by atoms with Crippen LogP contribution in [0.25, 0.3) is 6.08 Å². The number of carbonyl (C=O) groups is 1. The minimum atomic E-state index is -4.41. The van der Waals surface area contributed by atoms with Crippen LogP contribution in [0.1, 0.15) is 18.1 Å². The van der Waals surface area contributed by atoms with E-state index in [2.05, 4.69) is 11.6 Å². The Morgan fingerprint density at radius 3 is 2.37 bits per heavy atom. The van der Waals surface area contributed by atoms with Gasteiger partial charge in [0.05, 0.1) is 17.9 Å². The molecule has 0 saturated carbocycles. The zero-order valence-electron chi connectivity index (χ0n) is 16.1. The minimum Gasteiger partial charge on any atom is -0.494 e. The van der Waals surface area contributed by atoms with E-state index in [1.54, 1.807) is 30.3 Å². The highest BCUT2D eigenvalue weighted by molar-refractivity contribution is 8.14. The van der Waals surface area contributed by atoms with E-state index < -0.39 is 11.7 Å². The second kappa shape index (κ2) is 9.21. The molecule has 0 fully saturated rings. The van der Waals surface area contributed by atoms with Gasteiger partial charge >= 0.3 is 6.18 Å². The molecule has 8 heteroatoms. The summed E-state index contributed by atoms with van der Waals surface area (Å²) >= 11 is 1.34. The van der Waals surface area contributed by atoms with Gasteiger partial charge in [-0.1, -0.05) is 30.0 Å². The molecule has 3 rings (SSSR count). The molecule has 0 aliphatic carbocycles.